The summed E-state index contributed by atoms with van der Waals surface area (Å²) in [6.45, 7) is 0.819. The van der Waals surface area contributed by atoms with E-state index in [0.717, 1.165) is 16.0 Å². The molecule has 1 aliphatic rings. The molecular formula is C17H14N2O3S. The van der Waals surface area contributed by atoms with E-state index in [4.69, 9.17) is 9.47 Å². The van der Waals surface area contributed by atoms with Crippen LogP contribution in [0.15, 0.2) is 48.0 Å². The van der Waals surface area contributed by atoms with Gasteiger partial charge in [0.1, 0.15) is 12.7 Å². The first-order valence-corrected chi connectivity index (χ1v) is 8.17. The molecule has 3 aromatic rings. The van der Waals surface area contributed by atoms with E-state index in [1.165, 1.54) is 11.3 Å². The zero-order chi connectivity index (χ0) is 15.6. The lowest BCUT2D eigenvalue weighted by Gasteiger charge is -2.26. The van der Waals surface area contributed by atoms with Gasteiger partial charge in [0.05, 0.1) is 22.3 Å². The summed E-state index contributed by atoms with van der Waals surface area (Å²) in [5.41, 5.74) is 3.31. The molecule has 0 bridgehead atoms. The summed E-state index contributed by atoms with van der Waals surface area (Å²) >= 11 is 1.52. The number of hydrogen-bond acceptors (Lipinski definition) is 5. The lowest BCUT2D eigenvalue weighted by molar-refractivity contribution is 0.0789. The highest BCUT2D eigenvalue weighted by atomic mass is 32.1. The van der Waals surface area contributed by atoms with Crippen molar-refractivity contribution in [2.24, 2.45) is 0 Å². The third-order valence-corrected chi connectivity index (χ3v) is 4.44. The van der Waals surface area contributed by atoms with Gasteiger partial charge in [-0.3, -0.25) is 4.79 Å². The van der Waals surface area contributed by atoms with E-state index in [2.05, 4.69) is 10.3 Å². The van der Waals surface area contributed by atoms with Gasteiger partial charge in [-0.05, 0) is 30.3 Å². The molecule has 0 fully saturated rings. The van der Waals surface area contributed by atoms with Crippen LogP contribution in [0.25, 0.3) is 10.2 Å². The predicted octanol–water partition coefficient (Wildman–Crippen LogP) is 2.87. The number of amides is 1. The topological polar surface area (TPSA) is 60.5 Å². The number of carbonyl (C=O) groups is 1. The van der Waals surface area contributed by atoms with Gasteiger partial charge >= 0.3 is 0 Å². The van der Waals surface area contributed by atoms with Crippen LogP contribution < -0.4 is 14.8 Å². The second kappa shape index (κ2) is 5.89. The molecule has 0 saturated heterocycles. The largest absolute Gasteiger partial charge is 0.486 e. The standard InChI is InChI=1S/C17H14N2O3S/c20-17(11-5-6-13-16(7-11)23-10-19-13)18-8-12-9-21-14-3-1-2-4-15(14)22-12/h1-7,10,12H,8-9H2,(H,18,20)/t12-/m0/s1. The van der Waals surface area contributed by atoms with Gasteiger partial charge in [0, 0.05) is 5.56 Å². The first-order valence-electron chi connectivity index (χ1n) is 7.29. The third kappa shape index (κ3) is 2.85. The van der Waals surface area contributed by atoms with E-state index in [1.807, 2.05) is 36.4 Å². The Hall–Kier alpha value is -2.60. The van der Waals surface area contributed by atoms with Crippen molar-refractivity contribution in [1.82, 2.24) is 10.3 Å². The van der Waals surface area contributed by atoms with Gasteiger partial charge in [-0.25, -0.2) is 4.98 Å². The van der Waals surface area contributed by atoms with Gasteiger partial charge in [-0.2, -0.15) is 0 Å². The van der Waals surface area contributed by atoms with Crippen LogP contribution in [-0.4, -0.2) is 30.1 Å². The SMILES string of the molecule is O=C(NC[C@H]1COc2ccccc2O1)c1ccc2ncsc2c1. The first kappa shape index (κ1) is 14.0. The predicted molar refractivity (Wildman–Crippen MR) is 88.3 cm³/mol. The van der Waals surface area contributed by atoms with Crippen LogP contribution in [0.5, 0.6) is 11.5 Å². The highest BCUT2D eigenvalue weighted by molar-refractivity contribution is 7.16. The highest BCUT2D eigenvalue weighted by Crippen LogP contribution is 2.30. The number of aromatic nitrogens is 1. The van der Waals surface area contributed by atoms with Crippen LogP contribution in [-0.2, 0) is 0 Å². The average Bonchev–Trinajstić information content (AvgIpc) is 3.07. The molecule has 0 unspecified atom stereocenters. The van der Waals surface area contributed by atoms with Gasteiger partial charge in [0.15, 0.2) is 11.5 Å². The van der Waals surface area contributed by atoms with Crippen LogP contribution >= 0.6 is 11.3 Å². The molecule has 4 rings (SSSR count). The molecule has 23 heavy (non-hydrogen) atoms. The Kier molecular flexibility index (Phi) is 3.59. The van der Waals surface area contributed by atoms with Crippen LogP contribution in [0, 0.1) is 0 Å². The van der Waals surface area contributed by atoms with Crippen molar-refractivity contribution in [3.63, 3.8) is 0 Å². The van der Waals surface area contributed by atoms with E-state index >= 15 is 0 Å². The molecule has 1 aliphatic heterocycles. The van der Waals surface area contributed by atoms with E-state index < -0.39 is 0 Å². The van der Waals surface area contributed by atoms with Crippen LogP contribution in [0.1, 0.15) is 10.4 Å². The Bertz CT molecular complexity index is 862. The number of thiazole rings is 1. The van der Waals surface area contributed by atoms with Gasteiger partial charge < -0.3 is 14.8 Å². The fourth-order valence-electron chi connectivity index (χ4n) is 2.47. The lowest BCUT2D eigenvalue weighted by atomic mass is 10.2. The summed E-state index contributed by atoms with van der Waals surface area (Å²) < 4.78 is 12.5. The van der Waals surface area contributed by atoms with Gasteiger partial charge in [0.25, 0.3) is 5.91 Å². The summed E-state index contributed by atoms with van der Waals surface area (Å²) in [6, 6.07) is 13.0. The number of carbonyl (C=O) groups excluding carboxylic acids is 1. The van der Waals surface area contributed by atoms with Crippen molar-refractivity contribution in [3.05, 3.63) is 53.5 Å². The highest BCUT2D eigenvalue weighted by Gasteiger charge is 2.21. The van der Waals surface area contributed by atoms with Crippen LogP contribution in [0.4, 0.5) is 0 Å². The molecule has 1 aromatic heterocycles. The molecule has 1 amide bonds. The van der Waals surface area contributed by atoms with E-state index in [0.29, 0.717) is 24.5 Å². The second-order valence-electron chi connectivity index (χ2n) is 5.24. The van der Waals surface area contributed by atoms with Gasteiger partial charge in [-0.15, -0.1) is 11.3 Å². The van der Waals surface area contributed by atoms with Crippen LogP contribution in [0.3, 0.4) is 0 Å². The van der Waals surface area contributed by atoms with Crippen molar-refractivity contribution in [1.29, 1.82) is 0 Å². The summed E-state index contributed by atoms with van der Waals surface area (Å²) in [4.78, 5) is 16.5. The maximum atomic E-state index is 12.3. The maximum Gasteiger partial charge on any atom is 0.251 e. The Balaban J connectivity index is 1.40. The monoisotopic (exact) mass is 326 g/mol. The van der Waals surface area contributed by atoms with E-state index in [9.17, 15) is 4.79 Å². The lowest BCUT2D eigenvalue weighted by Crippen LogP contribution is -2.40. The first-order chi connectivity index (χ1) is 11.3. The summed E-state index contributed by atoms with van der Waals surface area (Å²) in [7, 11) is 0. The minimum atomic E-state index is -0.194. The van der Waals surface area contributed by atoms with Crippen molar-refractivity contribution in [2.45, 2.75) is 6.10 Å². The van der Waals surface area contributed by atoms with Gasteiger partial charge in [-0.1, -0.05) is 12.1 Å². The molecular weight excluding hydrogens is 312 g/mol. The minimum Gasteiger partial charge on any atom is -0.486 e. The third-order valence-electron chi connectivity index (χ3n) is 3.65. The van der Waals surface area contributed by atoms with E-state index in [-0.39, 0.29) is 12.0 Å². The Morgan fingerprint density at radius 1 is 1.26 bits per heavy atom. The zero-order valence-electron chi connectivity index (χ0n) is 12.2. The number of ether oxygens (including phenoxy) is 2. The molecule has 6 heteroatoms. The van der Waals surface area contributed by atoms with Gasteiger partial charge in [0.2, 0.25) is 0 Å². The number of hydrogen-bond donors (Lipinski definition) is 1. The Morgan fingerprint density at radius 2 is 2.13 bits per heavy atom. The Morgan fingerprint density at radius 3 is 3.04 bits per heavy atom. The molecule has 0 saturated carbocycles. The molecule has 0 spiro atoms. The fourth-order valence-corrected chi connectivity index (χ4v) is 3.18. The van der Waals surface area contributed by atoms with Crippen molar-refractivity contribution >= 4 is 27.5 Å². The fraction of sp³-hybridized carbons (Fsp3) is 0.176. The summed E-state index contributed by atoms with van der Waals surface area (Å²) in [5, 5.41) is 2.90. The van der Waals surface area contributed by atoms with E-state index in [1.54, 1.807) is 11.6 Å². The van der Waals surface area contributed by atoms with Crippen LogP contribution in [0.2, 0.25) is 0 Å². The summed E-state index contributed by atoms with van der Waals surface area (Å²) in [6.07, 6.45) is -0.194. The smallest absolute Gasteiger partial charge is 0.251 e. The molecule has 2 heterocycles. The number of rotatable bonds is 3. The number of fused-ring (bicyclic) bond motifs is 2. The number of nitrogens with one attached hydrogen (secondary N) is 1. The quantitative estimate of drug-likeness (QED) is 0.804. The molecule has 0 radical (unpaired) electrons. The van der Waals surface area contributed by atoms with Crippen molar-refractivity contribution in [3.8, 4) is 11.5 Å². The number of para-hydroxylation sites is 2. The molecule has 1 N–H and O–H groups in total. The number of nitrogens with zero attached hydrogens (tertiary/aromatic N) is 1. The molecule has 1 atom stereocenters. The number of benzene rings is 2. The molecule has 116 valence electrons. The average molecular weight is 326 g/mol. The normalized spacial score (nSPS) is 16.3. The maximum absolute atomic E-state index is 12.3. The summed E-state index contributed by atoms with van der Waals surface area (Å²) in [5.74, 6) is 1.33. The van der Waals surface area contributed by atoms with Crippen molar-refractivity contribution in [2.75, 3.05) is 13.2 Å². The van der Waals surface area contributed by atoms with Crippen molar-refractivity contribution < 1.29 is 14.3 Å². The minimum absolute atomic E-state index is 0.122. The second-order valence-corrected chi connectivity index (χ2v) is 6.13. The zero-order valence-corrected chi connectivity index (χ0v) is 13.0. The molecule has 0 aliphatic carbocycles. The molecule has 2 aromatic carbocycles. The molecule has 5 nitrogen and oxygen atoms in total. The Labute approximate surface area is 136 Å².